The lowest BCUT2D eigenvalue weighted by Gasteiger charge is -2.14. The number of nitrogens with two attached hydrogens (primary N) is 3. The summed E-state index contributed by atoms with van der Waals surface area (Å²) < 4.78 is 7.72. The van der Waals surface area contributed by atoms with Crippen molar-refractivity contribution in [2.24, 2.45) is 22.2 Å². The van der Waals surface area contributed by atoms with Crippen LogP contribution in [0, 0.1) is 0 Å². The van der Waals surface area contributed by atoms with E-state index in [0.717, 1.165) is 11.3 Å². The van der Waals surface area contributed by atoms with Gasteiger partial charge in [-0.2, -0.15) is 5.10 Å². The Bertz CT molecular complexity index is 1250. The first-order chi connectivity index (χ1) is 17.7. The van der Waals surface area contributed by atoms with Gasteiger partial charge in [0.15, 0.2) is 5.96 Å². The van der Waals surface area contributed by atoms with Crippen molar-refractivity contribution >= 4 is 41.0 Å². The molecule has 0 spiro atoms. The van der Waals surface area contributed by atoms with Gasteiger partial charge in [0, 0.05) is 43.1 Å². The largest absolute Gasteiger partial charge is 0.442 e. The number of amides is 2. The maximum Gasteiger partial charge on any atom is 0.399 e. The van der Waals surface area contributed by atoms with Crippen LogP contribution in [0.1, 0.15) is 25.7 Å². The minimum Gasteiger partial charge on any atom is -0.442 e. The van der Waals surface area contributed by atoms with Gasteiger partial charge < -0.3 is 27.3 Å². The molecule has 1 atom stereocenters. The van der Waals surface area contributed by atoms with E-state index in [0.29, 0.717) is 47.4 Å². The molecule has 196 valence electrons. The fraction of sp³-hybridized carbons (Fsp3) is 0.292. The second kappa shape index (κ2) is 13.5. The third-order valence-corrected chi connectivity index (χ3v) is 6.02. The van der Waals surface area contributed by atoms with Gasteiger partial charge in [0.1, 0.15) is 11.7 Å². The highest BCUT2D eigenvalue weighted by molar-refractivity contribution is 6.42. The van der Waals surface area contributed by atoms with E-state index in [2.05, 4.69) is 20.4 Å². The Morgan fingerprint density at radius 1 is 1.14 bits per heavy atom. The van der Waals surface area contributed by atoms with E-state index in [-0.39, 0.29) is 24.9 Å². The lowest BCUT2D eigenvalue weighted by molar-refractivity contribution is -0.660. The van der Waals surface area contributed by atoms with Crippen LogP contribution in [0.5, 0.6) is 5.88 Å². The van der Waals surface area contributed by atoms with Crippen molar-refractivity contribution in [1.82, 2.24) is 15.4 Å². The van der Waals surface area contributed by atoms with E-state index in [1.807, 2.05) is 18.2 Å². The van der Waals surface area contributed by atoms with Crippen LogP contribution < -0.4 is 31.9 Å². The van der Waals surface area contributed by atoms with Crippen LogP contribution in [0.15, 0.2) is 53.8 Å². The molecule has 2 heterocycles. The maximum atomic E-state index is 12.4. The first-order valence-electron chi connectivity index (χ1n) is 11.5. The molecule has 3 aromatic rings. The van der Waals surface area contributed by atoms with Crippen molar-refractivity contribution in [3.05, 3.63) is 58.8 Å². The van der Waals surface area contributed by atoms with Crippen molar-refractivity contribution in [3.63, 3.8) is 0 Å². The number of hydrogen-bond acceptors (Lipinski definition) is 5. The van der Waals surface area contributed by atoms with Gasteiger partial charge >= 0.3 is 5.88 Å². The molecular weight excluding hydrogens is 519 g/mol. The summed E-state index contributed by atoms with van der Waals surface area (Å²) in [6, 6.07) is 9.99. The third-order valence-electron chi connectivity index (χ3n) is 5.28. The highest BCUT2D eigenvalue weighted by Gasteiger charge is 2.23. The van der Waals surface area contributed by atoms with Gasteiger partial charge in [-0.05, 0) is 42.1 Å². The molecule has 37 heavy (non-hydrogen) atoms. The number of rotatable bonds is 13. The maximum absolute atomic E-state index is 12.4. The molecule has 1 unspecified atom stereocenters. The number of hydrogen-bond donors (Lipinski definition) is 5. The Labute approximate surface area is 224 Å². The molecule has 0 bridgehead atoms. The zero-order valence-corrected chi connectivity index (χ0v) is 21.5. The highest BCUT2D eigenvalue weighted by atomic mass is 35.5. The number of ether oxygens (including phenoxy) is 1. The van der Waals surface area contributed by atoms with Crippen LogP contribution in [0.3, 0.4) is 0 Å². The molecular formula is C24H29Cl2N8O3+. The Morgan fingerprint density at radius 2 is 1.95 bits per heavy atom. The van der Waals surface area contributed by atoms with E-state index >= 15 is 0 Å². The lowest BCUT2D eigenvalue weighted by Crippen LogP contribution is -2.44. The lowest BCUT2D eigenvalue weighted by atomic mass is 10.1. The number of aromatic amines is 1. The fourth-order valence-electron chi connectivity index (χ4n) is 3.45. The minimum absolute atomic E-state index is 0.0323. The van der Waals surface area contributed by atoms with Crippen molar-refractivity contribution < 1.29 is 19.0 Å². The van der Waals surface area contributed by atoms with Gasteiger partial charge in [-0.25, -0.2) is 0 Å². The number of halogens is 2. The van der Waals surface area contributed by atoms with Gasteiger partial charge in [0.05, 0.1) is 22.7 Å². The molecule has 0 saturated heterocycles. The van der Waals surface area contributed by atoms with Crippen molar-refractivity contribution in [2.75, 3.05) is 13.2 Å². The number of carbonyl (C=O) groups is 2. The number of nitrogens with one attached hydrogen (secondary N) is 2. The fourth-order valence-corrected chi connectivity index (χ4v) is 3.75. The number of H-pyrrole nitrogens is 1. The van der Waals surface area contributed by atoms with Crippen molar-refractivity contribution in [2.45, 2.75) is 31.7 Å². The van der Waals surface area contributed by atoms with Crippen LogP contribution in [0.25, 0.3) is 16.9 Å². The predicted molar refractivity (Wildman–Crippen MR) is 141 cm³/mol. The van der Waals surface area contributed by atoms with Gasteiger partial charge in [-0.15, -0.1) is 0 Å². The normalized spacial score (nSPS) is 11.5. The monoisotopic (exact) mass is 547 g/mol. The summed E-state index contributed by atoms with van der Waals surface area (Å²) in [5, 5.41) is 6.76. The van der Waals surface area contributed by atoms with Gasteiger partial charge in [-0.3, -0.25) is 19.6 Å². The number of guanidine groups is 1. The molecule has 0 aliphatic rings. The van der Waals surface area contributed by atoms with Crippen LogP contribution in [0.4, 0.5) is 0 Å². The van der Waals surface area contributed by atoms with Crippen molar-refractivity contribution in [1.29, 1.82) is 0 Å². The van der Waals surface area contributed by atoms with Gasteiger partial charge in [0.25, 0.3) is 0 Å². The van der Waals surface area contributed by atoms with E-state index in [1.54, 1.807) is 35.3 Å². The van der Waals surface area contributed by atoms with E-state index in [1.165, 1.54) is 0 Å². The zero-order valence-electron chi connectivity index (χ0n) is 20.0. The summed E-state index contributed by atoms with van der Waals surface area (Å²) in [6.45, 7) is 0.581. The van der Waals surface area contributed by atoms with E-state index < -0.39 is 11.9 Å². The Morgan fingerprint density at radius 3 is 2.62 bits per heavy atom. The van der Waals surface area contributed by atoms with E-state index in [9.17, 15) is 9.59 Å². The zero-order chi connectivity index (χ0) is 26.8. The molecule has 0 fully saturated rings. The molecule has 3 rings (SSSR count). The molecule has 0 saturated carbocycles. The number of carbonyl (C=O) groups excluding carboxylic acids is 2. The van der Waals surface area contributed by atoms with Crippen LogP contribution >= 0.6 is 23.2 Å². The summed E-state index contributed by atoms with van der Waals surface area (Å²) in [7, 11) is 0. The second-order valence-electron chi connectivity index (χ2n) is 8.11. The molecule has 1 aromatic carbocycles. The number of benzene rings is 1. The molecule has 8 N–H and O–H groups in total. The number of pyridine rings is 1. The van der Waals surface area contributed by atoms with E-state index in [4.69, 9.17) is 45.1 Å². The molecule has 0 aliphatic heterocycles. The minimum atomic E-state index is -0.800. The molecule has 0 aliphatic carbocycles. The smallest absolute Gasteiger partial charge is 0.399 e. The SMILES string of the molecule is NC(=O)C(CCCN=C(N)N)NC(=O)CCCOc1cc(-c2cccnc2)[nH][n+]1-c1ccc(Cl)c(Cl)c1. The van der Waals surface area contributed by atoms with Crippen LogP contribution in [-0.2, 0) is 9.59 Å². The molecule has 11 nitrogen and oxygen atoms in total. The molecule has 2 aromatic heterocycles. The predicted octanol–water partition coefficient (Wildman–Crippen LogP) is 1.84. The highest BCUT2D eigenvalue weighted by Crippen LogP contribution is 2.25. The standard InChI is InChI=1S/C24H28Cl2N8O3/c25-17-8-7-16(12-18(17)26)34-22(13-20(33-34)15-4-1-9-30-14-15)37-11-3-6-21(35)32-19(23(27)36)5-2-10-31-24(28)29/h1,4,7-9,12-14,19H,2-3,5-6,10-11H2,(H7,27,28,29,31,32,35,36)/p+1. The topological polar surface area (TPSA) is 178 Å². The first kappa shape index (κ1) is 27.8. The first-order valence-corrected chi connectivity index (χ1v) is 12.3. The van der Waals surface area contributed by atoms with Crippen LogP contribution in [0.2, 0.25) is 10.0 Å². The Balaban J connectivity index is 1.61. The number of aromatic nitrogens is 3. The summed E-state index contributed by atoms with van der Waals surface area (Å²) in [5.74, 6) is -0.452. The second-order valence-corrected chi connectivity index (χ2v) is 8.92. The molecule has 0 radical (unpaired) electrons. The average Bonchev–Trinajstić information content (AvgIpc) is 3.30. The van der Waals surface area contributed by atoms with Crippen LogP contribution in [-0.4, -0.2) is 47.1 Å². The van der Waals surface area contributed by atoms with Crippen molar-refractivity contribution in [3.8, 4) is 22.8 Å². The number of nitrogens with zero attached hydrogens (tertiary/aromatic N) is 3. The summed E-state index contributed by atoms with van der Waals surface area (Å²) in [4.78, 5) is 32.1. The number of aliphatic imine (C=N–C) groups is 1. The van der Waals surface area contributed by atoms with Gasteiger partial charge in [0.2, 0.25) is 17.5 Å². The number of primary amides is 1. The summed E-state index contributed by atoms with van der Waals surface area (Å²) in [5.41, 5.74) is 18.3. The Hall–Kier alpha value is -3.83. The van der Waals surface area contributed by atoms with Gasteiger partial charge in [-0.1, -0.05) is 23.2 Å². The molecule has 2 amide bonds. The Kier molecular flexibility index (Phi) is 10.1. The molecule has 13 heteroatoms. The third kappa shape index (κ3) is 8.36. The average molecular weight is 548 g/mol. The summed E-state index contributed by atoms with van der Waals surface area (Å²) in [6.07, 6.45) is 4.79. The quantitative estimate of drug-likeness (QED) is 0.0941. The summed E-state index contributed by atoms with van der Waals surface area (Å²) >= 11 is 12.3.